The minimum absolute atomic E-state index is 0.777. The van der Waals surface area contributed by atoms with E-state index in [-0.39, 0.29) is 0 Å². The standard InChI is InChI=1S/C10H23NOS/c1-4-12-9-5-7-11-8-6-10(2)13-3/h10-11H,4-9H2,1-3H3. The molecule has 0 aromatic heterocycles. The lowest BCUT2D eigenvalue weighted by Gasteiger charge is -2.08. The summed E-state index contributed by atoms with van der Waals surface area (Å²) >= 11 is 1.93. The molecule has 3 heteroatoms. The third-order valence-corrected chi connectivity index (χ3v) is 3.02. The van der Waals surface area contributed by atoms with Crippen LogP contribution in [0.1, 0.15) is 26.7 Å². The second kappa shape index (κ2) is 10.4. The van der Waals surface area contributed by atoms with Crippen LogP contribution in [0.3, 0.4) is 0 Å². The molecular weight excluding hydrogens is 182 g/mol. The first-order valence-corrected chi connectivity index (χ1v) is 6.41. The van der Waals surface area contributed by atoms with Gasteiger partial charge in [-0.15, -0.1) is 0 Å². The van der Waals surface area contributed by atoms with Crippen molar-refractivity contribution >= 4 is 11.8 Å². The average molecular weight is 205 g/mol. The quantitative estimate of drug-likeness (QED) is 0.583. The van der Waals surface area contributed by atoms with Crippen LogP contribution < -0.4 is 5.32 Å². The van der Waals surface area contributed by atoms with Gasteiger partial charge in [0.25, 0.3) is 0 Å². The first kappa shape index (κ1) is 13.3. The number of thioether (sulfide) groups is 1. The van der Waals surface area contributed by atoms with Crippen molar-refractivity contribution in [3.63, 3.8) is 0 Å². The number of ether oxygens (including phenoxy) is 1. The largest absolute Gasteiger partial charge is 0.382 e. The Morgan fingerprint density at radius 2 is 2.15 bits per heavy atom. The zero-order chi connectivity index (χ0) is 9.94. The molecule has 0 bridgehead atoms. The summed E-state index contributed by atoms with van der Waals surface area (Å²) in [6.45, 7) is 8.25. The highest BCUT2D eigenvalue weighted by Gasteiger charge is 1.97. The normalized spacial score (nSPS) is 13.2. The molecule has 0 spiro atoms. The molecule has 0 aromatic rings. The van der Waals surface area contributed by atoms with Crippen LogP contribution in [0.2, 0.25) is 0 Å². The summed E-state index contributed by atoms with van der Waals surface area (Å²) < 4.78 is 5.24. The molecule has 0 aliphatic carbocycles. The van der Waals surface area contributed by atoms with Crippen molar-refractivity contribution in [1.82, 2.24) is 5.32 Å². The Kier molecular flexibility index (Phi) is 10.6. The first-order valence-electron chi connectivity index (χ1n) is 5.12. The van der Waals surface area contributed by atoms with Crippen molar-refractivity contribution in [2.24, 2.45) is 0 Å². The van der Waals surface area contributed by atoms with Gasteiger partial charge in [0.1, 0.15) is 0 Å². The lowest BCUT2D eigenvalue weighted by molar-refractivity contribution is 0.145. The molecule has 1 N–H and O–H groups in total. The molecule has 80 valence electrons. The Hall–Kier alpha value is 0.270. The van der Waals surface area contributed by atoms with E-state index >= 15 is 0 Å². The molecule has 2 nitrogen and oxygen atoms in total. The van der Waals surface area contributed by atoms with Gasteiger partial charge in [0.2, 0.25) is 0 Å². The van der Waals surface area contributed by atoms with Gasteiger partial charge in [-0.3, -0.25) is 0 Å². The van der Waals surface area contributed by atoms with E-state index in [2.05, 4.69) is 18.5 Å². The van der Waals surface area contributed by atoms with Crippen molar-refractivity contribution < 1.29 is 4.74 Å². The SMILES string of the molecule is CCOCCCNCCC(C)SC. The smallest absolute Gasteiger partial charge is 0.0477 e. The highest BCUT2D eigenvalue weighted by Crippen LogP contribution is 2.07. The van der Waals surface area contributed by atoms with E-state index in [0.717, 1.165) is 38.0 Å². The van der Waals surface area contributed by atoms with Gasteiger partial charge in [0, 0.05) is 18.5 Å². The molecule has 0 saturated heterocycles. The van der Waals surface area contributed by atoms with E-state index in [1.54, 1.807) is 0 Å². The fourth-order valence-corrected chi connectivity index (χ4v) is 1.35. The van der Waals surface area contributed by atoms with Gasteiger partial charge < -0.3 is 10.1 Å². The Morgan fingerprint density at radius 1 is 1.38 bits per heavy atom. The van der Waals surface area contributed by atoms with Crippen LogP contribution in [0.15, 0.2) is 0 Å². The predicted octanol–water partition coefficient (Wildman–Crippen LogP) is 2.14. The van der Waals surface area contributed by atoms with E-state index in [9.17, 15) is 0 Å². The zero-order valence-electron chi connectivity index (χ0n) is 9.14. The molecule has 0 aliphatic rings. The second-order valence-electron chi connectivity index (χ2n) is 3.14. The van der Waals surface area contributed by atoms with Crippen LogP contribution in [0.4, 0.5) is 0 Å². The average Bonchev–Trinajstić information content (AvgIpc) is 2.16. The fourth-order valence-electron chi connectivity index (χ4n) is 0.992. The topological polar surface area (TPSA) is 21.3 Å². The third kappa shape index (κ3) is 10.2. The molecule has 0 radical (unpaired) electrons. The minimum atomic E-state index is 0.777. The summed E-state index contributed by atoms with van der Waals surface area (Å²) in [6.07, 6.45) is 4.55. The fraction of sp³-hybridized carbons (Fsp3) is 1.00. The van der Waals surface area contributed by atoms with Gasteiger partial charge in [0.15, 0.2) is 0 Å². The molecule has 0 aliphatic heterocycles. The summed E-state index contributed by atoms with van der Waals surface area (Å²) in [7, 11) is 0. The molecular formula is C10H23NOS. The van der Waals surface area contributed by atoms with Crippen LogP contribution in [0, 0.1) is 0 Å². The monoisotopic (exact) mass is 205 g/mol. The number of hydrogen-bond donors (Lipinski definition) is 1. The van der Waals surface area contributed by atoms with Gasteiger partial charge in [-0.05, 0) is 39.1 Å². The van der Waals surface area contributed by atoms with Gasteiger partial charge in [0.05, 0.1) is 0 Å². The van der Waals surface area contributed by atoms with E-state index in [4.69, 9.17) is 4.74 Å². The lowest BCUT2D eigenvalue weighted by atomic mass is 10.3. The molecule has 1 unspecified atom stereocenters. The molecule has 0 rings (SSSR count). The predicted molar refractivity (Wildman–Crippen MR) is 61.6 cm³/mol. The highest BCUT2D eigenvalue weighted by molar-refractivity contribution is 7.99. The summed E-state index contributed by atoms with van der Waals surface area (Å²) in [5.41, 5.74) is 0. The van der Waals surface area contributed by atoms with E-state index < -0.39 is 0 Å². The zero-order valence-corrected chi connectivity index (χ0v) is 9.95. The van der Waals surface area contributed by atoms with Gasteiger partial charge in [-0.2, -0.15) is 11.8 Å². The number of nitrogens with one attached hydrogen (secondary N) is 1. The Balaban J connectivity index is 2.91. The molecule has 0 saturated carbocycles. The van der Waals surface area contributed by atoms with Crippen LogP contribution in [-0.2, 0) is 4.74 Å². The Labute approximate surface area is 86.8 Å². The van der Waals surface area contributed by atoms with Crippen molar-refractivity contribution in [2.75, 3.05) is 32.6 Å². The van der Waals surface area contributed by atoms with Crippen molar-refractivity contribution in [2.45, 2.75) is 31.9 Å². The second-order valence-corrected chi connectivity index (χ2v) is 4.41. The van der Waals surface area contributed by atoms with Gasteiger partial charge in [-0.25, -0.2) is 0 Å². The van der Waals surface area contributed by atoms with Gasteiger partial charge in [-0.1, -0.05) is 6.92 Å². The van der Waals surface area contributed by atoms with Gasteiger partial charge >= 0.3 is 0 Å². The van der Waals surface area contributed by atoms with Crippen molar-refractivity contribution in [3.05, 3.63) is 0 Å². The molecule has 0 amide bonds. The summed E-state index contributed by atoms with van der Waals surface area (Å²) in [5, 5.41) is 4.19. The maximum Gasteiger partial charge on any atom is 0.0477 e. The number of hydrogen-bond acceptors (Lipinski definition) is 3. The maximum atomic E-state index is 5.24. The van der Waals surface area contributed by atoms with E-state index in [1.807, 2.05) is 18.7 Å². The van der Waals surface area contributed by atoms with Crippen molar-refractivity contribution in [3.8, 4) is 0 Å². The summed E-state index contributed by atoms with van der Waals surface area (Å²) in [4.78, 5) is 0. The van der Waals surface area contributed by atoms with Crippen LogP contribution in [-0.4, -0.2) is 37.8 Å². The lowest BCUT2D eigenvalue weighted by Crippen LogP contribution is -2.20. The third-order valence-electron chi connectivity index (χ3n) is 1.98. The minimum Gasteiger partial charge on any atom is -0.382 e. The molecule has 0 aromatic carbocycles. The van der Waals surface area contributed by atoms with Crippen LogP contribution in [0.25, 0.3) is 0 Å². The van der Waals surface area contributed by atoms with Crippen molar-refractivity contribution in [1.29, 1.82) is 0 Å². The molecule has 13 heavy (non-hydrogen) atoms. The van der Waals surface area contributed by atoms with Crippen LogP contribution >= 0.6 is 11.8 Å². The summed E-state index contributed by atoms with van der Waals surface area (Å²) in [5.74, 6) is 0. The summed E-state index contributed by atoms with van der Waals surface area (Å²) in [6, 6.07) is 0. The molecule has 1 atom stereocenters. The Morgan fingerprint density at radius 3 is 2.77 bits per heavy atom. The highest BCUT2D eigenvalue weighted by atomic mass is 32.2. The first-order chi connectivity index (χ1) is 6.31. The van der Waals surface area contributed by atoms with E-state index in [0.29, 0.717) is 0 Å². The molecule has 0 heterocycles. The maximum absolute atomic E-state index is 5.24. The molecule has 0 fully saturated rings. The van der Waals surface area contributed by atoms with E-state index in [1.165, 1.54) is 6.42 Å². The number of rotatable bonds is 9. The Bertz CT molecular complexity index is 101. The van der Waals surface area contributed by atoms with Crippen LogP contribution in [0.5, 0.6) is 0 Å².